The molecule has 1 atom stereocenters. The first-order chi connectivity index (χ1) is 7.97. The van der Waals surface area contributed by atoms with Gasteiger partial charge in [0.25, 0.3) is 0 Å². The van der Waals surface area contributed by atoms with Crippen LogP contribution in [0.4, 0.5) is 0 Å². The summed E-state index contributed by atoms with van der Waals surface area (Å²) in [5.41, 5.74) is 1.14. The first-order valence-electron chi connectivity index (χ1n) is 6.03. The van der Waals surface area contributed by atoms with Crippen LogP contribution < -0.4 is 5.32 Å². The molecule has 1 unspecified atom stereocenters. The van der Waals surface area contributed by atoms with Gasteiger partial charge in [-0.05, 0) is 37.5 Å². The predicted octanol–water partition coefficient (Wildman–Crippen LogP) is 2.29. The molecule has 1 N–H and O–H groups in total. The number of rotatable bonds is 4. The van der Waals surface area contributed by atoms with Gasteiger partial charge in [0.2, 0.25) is 0 Å². The Bertz CT molecular complexity index is 475. The smallest absolute Gasteiger partial charge is 0.175 e. The van der Waals surface area contributed by atoms with Crippen LogP contribution in [-0.4, -0.2) is 20.7 Å². The van der Waals surface area contributed by atoms with Crippen molar-refractivity contribution in [2.24, 2.45) is 0 Å². The van der Waals surface area contributed by atoms with E-state index in [4.69, 9.17) is 0 Å². The Morgan fingerprint density at radius 3 is 2.24 bits per heavy atom. The number of hydrogen-bond acceptors (Lipinski definition) is 3. The molecule has 94 valence electrons. The van der Waals surface area contributed by atoms with E-state index in [9.17, 15) is 8.42 Å². The van der Waals surface area contributed by atoms with Crippen molar-refractivity contribution < 1.29 is 8.42 Å². The van der Waals surface area contributed by atoms with Crippen LogP contribution >= 0.6 is 0 Å². The molecule has 1 aliphatic carbocycles. The molecule has 3 nitrogen and oxygen atoms in total. The van der Waals surface area contributed by atoms with Crippen LogP contribution in [0.3, 0.4) is 0 Å². The highest BCUT2D eigenvalue weighted by Gasteiger charge is 2.19. The minimum Gasteiger partial charge on any atom is -0.307 e. The van der Waals surface area contributed by atoms with Crippen molar-refractivity contribution in [1.29, 1.82) is 0 Å². The zero-order valence-electron chi connectivity index (χ0n) is 10.3. The van der Waals surface area contributed by atoms with Crippen LogP contribution in [0.1, 0.15) is 37.8 Å². The Morgan fingerprint density at radius 2 is 1.82 bits per heavy atom. The fraction of sp³-hybridized carbons (Fsp3) is 0.538. The number of hydrogen-bond donors (Lipinski definition) is 1. The quantitative estimate of drug-likeness (QED) is 0.895. The van der Waals surface area contributed by atoms with Crippen LogP contribution in [0.15, 0.2) is 29.2 Å². The SMILES string of the molecule is CC(NC1CCC1)c1ccc(S(C)(=O)=O)cc1. The maximum absolute atomic E-state index is 11.3. The Morgan fingerprint density at radius 1 is 1.24 bits per heavy atom. The first-order valence-corrected chi connectivity index (χ1v) is 7.92. The average molecular weight is 253 g/mol. The average Bonchev–Trinajstić information content (AvgIpc) is 2.22. The summed E-state index contributed by atoms with van der Waals surface area (Å²) in [6, 6.07) is 8.08. The van der Waals surface area contributed by atoms with E-state index in [2.05, 4.69) is 12.2 Å². The van der Waals surface area contributed by atoms with Gasteiger partial charge < -0.3 is 5.32 Å². The van der Waals surface area contributed by atoms with Crippen molar-refractivity contribution in [1.82, 2.24) is 5.32 Å². The molecule has 0 saturated heterocycles. The normalized spacial score (nSPS) is 18.7. The fourth-order valence-corrected chi connectivity index (χ4v) is 2.66. The van der Waals surface area contributed by atoms with E-state index in [1.54, 1.807) is 12.1 Å². The molecule has 1 fully saturated rings. The Kier molecular flexibility index (Phi) is 3.54. The lowest BCUT2D eigenvalue weighted by Crippen LogP contribution is -2.36. The van der Waals surface area contributed by atoms with E-state index < -0.39 is 9.84 Å². The molecule has 0 amide bonds. The minimum absolute atomic E-state index is 0.286. The molecule has 1 aromatic rings. The van der Waals surface area contributed by atoms with Crippen LogP contribution in [0.5, 0.6) is 0 Å². The summed E-state index contributed by atoms with van der Waals surface area (Å²) in [7, 11) is -3.08. The maximum Gasteiger partial charge on any atom is 0.175 e. The van der Waals surface area contributed by atoms with Gasteiger partial charge in [0.15, 0.2) is 9.84 Å². The molecule has 2 rings (SSSR count). The van der Waals surface area contributed by atoms with E-state index in [0.717, 1.165) is 5.56 Å². The van der Waals surface area contributed by atoms with Crippen molar-refractivity contribution in [3.8, 4) is 0 Å². The topological polar surface area (TPSA) is 46.2 Å². The second-order valence-electron chi connectivity index (χ2n) is 4.86. The van der Waals surface area contributed by atoms with Gasteiger partial charge in [-0.25, -0.2) is 8.42 Å². The van der Waals surface area contributed by atoms with Crippen molar-refractivity contribution in [3.63, 3.8) is 0 Å². The second kappa shape index (κ2) is 4.78. The Labute approximate surface area is 103 Å². The van der Waals surface area contributed by atoms with Crippen LogP contribution in [0, 0.1) is 0 Å². The molecule has 1 aliphatic rings. The van der Waals surface area contributed by atoms with Gasteiger partial charge >= 0.3 is 0 Å². The van der Waals surface area contributed by atoms with Gasteiger partial charge in [-0.15, -0.1) is 0 Å². The molecule has 4 heteroatoms. The van der Waals surface area contributed by atoms with Crippen LogP contribution in [-0.2, 0) is 9.84 Å². The van der Waals surface area contributed by atoms with Gasteiger partial charge in [0.05, 0.1) is 4.90 Å². The summed E-state index contributed by atoms with van der Waals surface area (Å²) < 4.78 is 22.7. The van der Waals surface area contributed by atoms with E-state index in [0.29, 0.717) is 10.9 Å². The van der Waals surface area contributed by atoms with Gasteiger partial charge in [-0.2, -0.15) is 0 Å². The standard InChI is InChI=1S/C13H19NO2S/c1-10(14-12-4-3-5-12)11-6-8-13(9-7-11)17(2,15)16/h6-10,12,14H,3-5H2,1-2H3. The molecule has 0 aliphatic heterocycles. The molecule has 0 spiro atoms. The lowest BCUT2D eigenvalue weighted by molar-refractivity contribution is 0.313. The van der Waals surface area contributed by atoms with Gasteiger partial charge in [0.1, 0.15) is 0 Å². The summed E-state index contributed by atoms with van der Waals surface area (Å²) in [4.78, 5) is 0.386. The summed E-state index contributed by atoms with van der Waals surface area (Å²) in [6.45, 7) is 2.12. The predicted molar refractivity (Wildman–Crippen MR) is 68.7 cm³/mol. The van der Waals surface area contributed by atoms with Gasteiger partial charge in [-0.3, -0.25) is 0 Å². The van der Waals surface area contributed by atoms with E-state index in [1.165, 1.54) is 25.5 Å². The lowest BCUT2D eigenvalue weighted by Gasteiger charge is -2.30. The maximum atomic E-state index is 11.3. The van der Waals surface area contributed by atoms with E-state index >= 15 is 0 Å². The highest BCUT2D eigenvalue weighted by Crippen LogP contribution is 2.23. The third kappa shape index (κ3) is 3.07. The fourth-order valence-electron chi connectivity index (χ4n) is 2.03. The zero-order chi connectivity index (χ0) is 12.5. The summed E-state index contributed by atoms with van der Waals surface area (Å²) in [6.07, 6.45) is 5.06. The second-order valence-corrected chi connectivity index (χ2v) is 6.87. The molecule has 1 saturated carbocycles. The highest BCUT2D eigenvalue weighted by molar-refractivity contribution is 7.90. The summed E-state index contributed by atoms with van der Waals surface area (Å²) in [5, 5.41) is 3.54. The number of sulfone groups is 1. The molecule has 0 aromatic heterocycles. The van der Waals surface area contributed by atoms with E-state index in [1.807, 2.05) is 12.1 Å². The molecule has 0 heterocycles. The number of benzene rings is 1. The van der Waals surface area contributed by atoms with Crippen molar-refractivity contribution in [2.75, 3.05) is 6.26 Å². The monoisotopic (exact) mass is 253 g/mol. The lowest BCUT2D eigenvalue weighted by atomic mass is 9.92. The third-order valence-electron chi connectivity index (χ3n) is 3.40. The molecule has 1 aromatic carbocycles. The van der Waals surface area contributed by atoms with Crippen LogP contribution in [0.2, 0.25) is 0 Å². The van der Waals surface area contributed by atoms with E-state index in [-0.39, 0.29) is 6.04 Å². The molecular formula is C13H19NO2S. The zero-order valence-corrected chi connectivity index (χ0v) is 11.1. The summed E-state index contributed by atoms with van der Waals surface area (Å²) in [5.74, 6) is 0. The van der Waals surface area contributed by atoms with Crippen molar-refractivity contribution in [2.45, 2.75) is 43.2 Å². The summed E-state index contributed by atoms with van der Waals surface area (Å²) >= 11 is 0. The Hall–Kier alpha value is -0.870. The third-order valence-corrected chi connectivity index (χ3v) is 4.53. The number of nitrogens with one attached hydrogen (secondary N) is 1. The molecule has 0 bridgehead atoms. The Balaban J connectivity index is 2.06. The molecule has 0 radical (unpaired) electrons. The van der Waals surface area contributed by atoms with Gasteiger partial charge in [0, 0.05) is 18.3 Å². The first kappa shape index (κ1) is 12.6. The van der Waals surface area contributed by atoms with Crippen molar-refractivity contribution in [3.05, 3.63) is 29.8 Å². The molecule has 17 heavy (non-hydrogen) atoms. The molecular weight excluding hydrogens is 234 g/mol. The van der Waals surface area contributed by atoms with Crippen molar-refractivity contribution >= 4 is 9.84 Å². The van der Waals surface area contributed by atoms with Crippen LogP contribution in [0.25, 0.3) is 0 Å². The van der Waals surface area contributed by atoms with Gasteiger partial charge in [-0.1, -0.05) is 18.6 Å². The largest absolute Gasteiger partial charge is 0.307 e. The minimum atomic E-state index is -3.08. The highest BCUT2D eigenvalue weighted by atomic mass is 32.2.